The standard InChI is InChI=1S/C22H34O3/c1-4-20(24)25-19-8-7-17-16-6-5-14-13-15(23)9-11-21(14,2)18(16)10-12-22(17,19)3/h14,16-19H,4-13H2,1-3H3/t14-,16+,17-,18+,19+,21-,22-/m0/s1. The van der Waals surface area contributed by atoms with Crippen LogP contribution in [0.5, 0.6) is 0 Å². The van der Waals surface area contributed by atoms with Gasteiger partial charge in [0, 0.05) is 24.7 Å². The first-order chi connectivity index (χ1) is 11.9. The maximum absolute atomic E-state index is 12.0. The second kappa shape index (κ2) is 6.09. The molecule has 0 bridgehead atoms. The van der Waals surface area contributed by atoms with Crippen molar-refractivity contribution in [2.75, 3.05) is 0 Å². The quantitative estimate of drug-likeness (QED) is 0.667. The summed E-state index contributed by atoms with van der Waals surface area (Å²) in [5, 5.41) is 0. The van der Waals surface area contributed by atoms with Crippen LogP contribution in [-0.4, -0.2) is 17.9 Å². The molecule has 0 spiro atoms. The topological polar surface area (TPSA) is 43.4 Å². The molecule has 3 nitrogen and oxygen atoms in total. The van der Waals surface area contributed by atoms with E-state index >= 15 is 0 Å². The molecule has 3 heteroatoms. The fourth-order valence-electron chi connectivity index (χ4n) is 7.43. The zero-order valence-corrected chi connectivity index (χ0v) is 16.2. The first kappa shape index (κ1) is 17.5. The van der Waals surface area contributed by atoms with Gasteiger partial charge in [0.1, 0.15) is 11.9 Å². The Morgan fingerprint density at radius 1 is 1.04 bits per heavy atom. The summed E-state index contributed by atoms with van der Waals surface area (Å²) in [6.07, 6.45) is 10.6. The normalized spacial score (nSPS) is 49.1. The summed E-state index contributed by atoms with van der Waals surface area (Å²) < 4.78 is 5.87. The monoisotopic (exact) mass is 346 g/mol. The molecule has 0 amide bonds. The van der Waals surface area contributed by atoms with Crippen molar-refractivity contribution < 1.29 is 14.3 Å². The second-order valence-corrected chi connectivity index (χ2v) is 9.85. The van der Waals surface area contributed by atoms with Gasteiger partial charge in [-0.25, -0.2) is 0 Å². The molecular formula is C22H34O3. The van der Waals surface area contributed by atoms with E-state index in [-0.39, 0.29) is 17.5 Å². The van der Waals surface area contributed by atoms with Gasteiger partial charge < -0.3 is 4.74 Å². The number of fused-ring (bicyclic) bond motifs is 5. The summed E-state index contributed by atoms with van der Waals surface area (Å²) in [7, 11) is 0. The van der Waals surface area contributed by atoms with Crippen molar-refractivity contribution in [3.63, 3.8) is 0 Å². The van der Waals surface area contributed by atoms with Gasteiger partial charge in [0.15, 0.2) is 0 Å². The summed E-state index contributed by atoms with van der Waals surface area (Å²) in [6, 6.07) is 0. The van der Waals surface area contributed by atoms with E-state index in [1.54, 1.807) is 0 Å². The predicted octanol–water partition coefficient (Wildman–Crippen LogP) is 4.92. The van der Waals surface area contributed by atoms with Crippen LogP contribution in [0.2, 0.25) is 0 Å². The van der Waals surface area contributed by atoms with Crippen molar-refractivity contribution in [2.24, 2.45) is 34.5 Å². The van der Waals surface area contributed by atoms with Crippen LogP contribution in [0.25, 0.3) is 0 Å². The van der Waals surface area contributed by atoms with Gasteiger partial charge in [-0.3, -0.25) is 9.59 Å². The zero-order valence-electron chi connectivity index (χ0n) is 16.2. The van der Waals surface area contributed by atoms with Crippen molar-refractivity contribution in [1.82, 2.24) is 0 Å². The second-order valence-electron chi connectivity index (χ2n) is 9.85. The van der Waals surface area contributed by atoms with Gasteiger partial charge in [-0.2, -0.15) is 0 Å². The molecular weight excluding hydrogens is 312 g/mol. The Labute approximate surface area is 152 Å². The molecule has 7 atom stereocenters. The van der Waals surface area contributed by atoms with Crippen LogP contribution < -0.4 is 0 Å². The van der Waals surface area contributed by atoms with Crippen molar-refractivity contribution in [3.05, 3.63) is 0 Å². The number of ether oxygens (including phenoxy) is 1. The molecule has 0 N–H and O–H groups in total. The van der Waals surface area contributed by atoms with Gasteiger partial charge in [0.25, 0.3) is 0 Å². The molecule has 0 aliphatic heterocycles. The van der Waals surface area contributed by atoms with E-state index in [1.165, 1.54) is 32.1 Å². The predicted molar refractivity (Wildman–Crippen MR) is 96.9 cm³/mol. The number of Topliss-reactive ketones (excluding diaryl/α,β-unsaturated/α-hetero) is 1. The third-order valence-electron chi connectivity index (χ3n) is 8.96. The lowest BCUT2D eigenvalue weighted by atomic mass is 9.45. The highest BCUT2D eigenvalue weighted by atomic mass is 16.5. The average Bonchev–Trinajstić information content (AvgIpc) is 2.92. The van der Waals surface area contributed by atoms with Gasteiger partial charge in [0.2, 0.25) is 0 Å². The fourth-order valence-corrected chi connectivity index (χ4v) is 7.43. The third kappa shape index (κ3) is 2.59. The lowest BCUT2D eigenvalue weighted by molar-refractivity contribution is -0.163. The molecule has 4 fully saturated rings. The van der Waals surface area contributed by atoms with Crippen LogP contribution in [0.1, 0.15) is 85.0 Å². The highest BCUT2D eigenvalue weighted by molar-refractivity contribution is 5.79. The van der Waals surface area contributed by atoms with E-state index in [2.05, 4.69) is 13.8 Å². The Morgan fingerprint density at radius 2 is 1.80 bits per heavy atom. The summed E-state index contributed by atoms with van der Waals surface area (Å²) >= 11 is 0. The van der Waals surface area contributed by atoms with Crippen molar-refractivity contribution >= 4 is 11.8 Å². The van der Waals surface area contributed by atoms with Crippen LogP contribution in [0.15, 0.2) is 0 Å². The van der Waals surface area contributed by atoms with Gasteiger partial charge in [-0.15, -0.1) is 0 Å². The maximum atomic E-state index is 12.0. The SMILES string of the molecule is CCC(=O)O[C@@H]1CC[C@H]2[C@H]3CC[C@H]4CC(=O)CC[C@]4(C)[C@@H]3CC[C@]12C. The smallest absolute Gasteiger partial charge is 0.305 e. The number of rotatable bonds is 2. The number of esters is 1. The third-order valence-corrected chi connectivity index (χ3v) is 8.96. The van der Waals surface area contributed by atoms with E-state index in [0.717, 1.165) is 37.5 Å². The van der Waals surface area contributed by atoms with E-state index in [9.17, 15) is 9.59 Å². The minimum atomic E-state index is -0.0320. The van der Waals surface area contributed by atoms with Crippen LogP contribution >= 0.6 is 0 Å². The highest BCUT2D eigenvalue weighted by Gasteiger charge is 2.61. The van der Waals surface area contributed by atoms with Gasteiger partial charge >= 0.3 is 5.97 Å². The molecule has 0 aromatic heterocycles. The molecule has 0 aromatic rings. The Balaban J connectivity index is 1.56. The molecule has 4 aliphatic carbocycles. The summed E-state index contributed by atoms with van der Waals surface area (Å²) in [6.45, 7) is 6.78. The summed E-state index contributed by atoms with van der Waals surface area (Å²) in [5.41, 5.74) is 0.552. The summed E-state index contributed by atoms with van der Waals surface area (Å²) in [4.78, 5) is 23.9. The molecule has 25 heavy (non-hydrogen) atoms. The average molecular weight is 347 g/mol. The number of carbonyl (C=O) groups is 2. The molecule has 4 saturated carbocycles. The Morgan fingerprint density at radius 3 is 2.56 bits per heavy atom. The van der Waals surface area contributed by atoms with Crippen molar-refractivity contribution in [1.29, 1.82) is 0 Å². The Kier molecular flexibility index (Phi) is 4.28. The lowest BCUT2D eigenvalue weighted by Gasteiger charge is -2.60. The number of ketones is 1. The molecule has 0 saturated heterocycles. The van der Waals surface area contributed by atoms with Gasteiger partial charge in [-0.1, -0.05) is 20.8 Å². The van der Waals surface area contributed by atoms with Crippen molar-refractivity contribution in [3.8, 4) is 0 Å². The van der Waals surface area contributed by atoms with Crippen LogP contribution in [0.3, 0.4) is 0 Å². The number of hydrogen-bond donors (Lipinski definition) is 0. The minimum absolute atomic E-state index is 0.0320. The largest absolute Gasteiger partial charge is 0.462 e. The first-order valence-corrected chi connectivity index (χ1v) is 10.6. The van der Waals surface area contributed by atoms with Gasteiger partial charge in [-0.05, 0) is 74.0 Å². The van der Waals surface area contributed by atoms with E-state index < -0.39 is 0 Å². The van der Waals surface area contributed by atoms with E-state index in [4.69, 9.17) is 4.74 Å². The number of carbonyl (C=O) groups excluding carboxylic acids is 2. The molecule has 140 valence electrons. The fraction of sp³-hybridized carbons (Fsp3) is 0.909. The van der Waals surface area contributed by atoms with Crippen LogP contribution in [0.4, 0.5) is 0 Å². The van der Waals surface area contributed by atoms with E-state index in [1.807, 2.05) is 6.92 Å². The van der Waals surface area contributed by atoms with Crippen LogP contribution in [0, 0.1) is 34.5 Å². The maximum Gasteiger partial charge on any atom is 0.305 e. The molecule has 0 aromatic carbocycles. The van der Waals surface area contributed by atoms with Gasteiger partial charge in [0.05, 0.1) is 0 Å². The highest BCUT2D eigenvalue weighted by Crippen LogP contribution is 2.66. The number of hydrogen-bond acceptors (Lipinski definition) is 3. The first-order valence-electron chi connectivity index (χ1n) is 10.6. The Hall–Kier alpha value is -0.860. The van der Waals surface area contributed by atoms with Crippen molar-refractivity contribution in [2.45, 2.75) is 91.1 Å². The zero-order chi connectivity index (χ0) is 17.8. The lowest BCUT2D eigenvalue weighted by Crippen LogP contribution is -2.54. The molecule has 4 rings (SSSR count). The minimum Gasteiger partial charge on any atom is -0.462 e. The summed E-state index contributed by atoms with van der Waals surface area (Å²) in [5.74, 6) is 3.34. The molecule has 0 heterocycles. The molecule has 4 aliphatic rings. The Bertz CT molecular complexity index is 570. The molecule has 0 radical (unpaired) electrons. The van der Waals surface area contributed by atoms with E-state index in [0.29, 0.717) is 29.5 Å². The molecule has 0 unspecified atom stereocenters. The van der Waals surface area contributed by atoms with Crippen LogP contribution in [-0.2, 0) is 14.3 Å².